The molecular weight excluding hydrogens is 266 g/mol. The number of nitrogens with one attached hydrogen (secondary N) is 1. The number of carboxylic acid groups (broad SMARTS) is 1. The van der Waals surface area contributed by atoms with Crippen LogP contribution in [0.1, 0.15) is 20.4 Å². The first-order chi connectivity index (χ1) is 9.06. The second-order valence-electron chi connectivity index (χ2n) is 3.94. The van der Waals surface area contributed by atoms with E-state index in [0.29, 0.717) is 12.2 Å². The summed E-state index contributed by atoms with van der Waals surface area (Å²) in [4.78, 5) is 27.7. The molecule has 0 saturated heterocycles. The number of rotatable bonds is 5. The molecule has 100 valence electrons. The normalized spacial score (nSPS) is 10.4. The minimum absolute atomic E-state index is 0.227. The summed E-state index contributed by atoms with van der Waals surface area (Å²) in [5.41, 5.74) is 0.337. The fourth-order valence-electron chi connectivity index (χ4n) is 1.65. The Kier molecular flexibility index (Phi) is 3.96. The molecule has 2 aromatic heterocycles. The highest BCUT2D eigenvalue weighted by molar-refractivity contribution is 7.11. The zero-order valence-electron chi connectivity index (χ0n) is 10.3. The Hall–Kier alpha value is -2.15. The lowest BCUT2D eigenvalue weighted by atomic mass is 10.4. The van der Waals surface area contributed by atoms with Crippen LogP contribution in [0.5, 0.6) is 0 Å². The number of aliphatic carboxylic acids is 1. The average molecular weight is 279 g/mol. The van der Waals surface area contributed by atoms with Crippen molar-refractivity contribution in [1.29, 1.82) is 0 Å². The maximum Gasteiger partial charge on any atom is 0.323 e. The van der Waals surface area contributed by atoms with Crippen molar-refractivity contribution in [1.82, 2.24) is 14.9 Å². The number of carbonyl (C=O) groups is 2. The summed E-state index contributed by atoms with van der Waals surface area (Å²) in [7, 11) is 0. The van der Waals surface area contributed by atoms with Crippen molar-refractivity contribution in [2.75, 3.05) is 0 Å². The van der Waals surface area contributed by atoms with Gasteiger partial charge in [-0.15, -0.1) is 11.3 Å². The maximum absolute atomic E-state index is 11.9. The number of carbonyl (C=O) groups excluding carboxylic acids is 1. The molecule has 0 aliphatic carbocycles. The lowest BCUT2D eigenvalue weighted by Gasteiger charge is -2.06. The molecule has 7 heteroatoms. The molecule has 6 nitrogen and oxygen atoms in total. The Labute approximate surface area is 113 Å². The molecule has 2 N–H and O–H groups in total. The maximum atomic E-state index is 11.9. The number of aromatic nitrogens is 2. The quantitative estimate of drug-likeness (QED) is 0.863. The number of carboxylic acids is 1. The van der Waals surface area contributed by atoms with Crippen molar-refractivity contribution >= 4 is 23.2 Å². The van der Waals surface area contributed by atoms with Gasteiger partial charge in [0.05, 0.1) is 11.6 Å². The molecule has 19 heavy (non-hydrogen) atoms. The summed E-state index contributed by atoms with van der Waals surface area (Å²) < 4.78 is 1.40. The molecule has 0 fully saturated rings. The summed E-state index contributed by atoms with van der Waals surface area (Å²) >= 11 is 1.52. The second kappa shape index (κ2) is 5.66. The molecule has 0 aliphatic heterocycles. The molecule has 2 rings (SSSR count). The van der Waals surface area contributed by atoms with Crippen LogP contribution in [0.2, 0.25) is 0 Å². The number of thiazole rings is 1. The SMILES string of the molecule is Cc1ncc(CNC(=O)c2cccn2CC(=O)O)s1. The van der Waals surface area contributed by atoms with Gasteiger partial charge in [0, 0.05) is 17.3 Å². The van der Waals surface area contributed by atoms with Crippen LogP contribution in [0.15, 0.2) is 24.5 Å². The molecule has 2 aromatic rings. The topological polar surface area (TPSA) is 84.2 Å². The summed E-state index contributed by atoms with van der Waals surface area (Å²) in [6.07, 6.45) is 3.29. The van der Waals surface area contributed by atoms with Crippen molar-refractivity contribution < 1.29 is 14.7 Å². The lowest BCUT2D eigenvalue weighted by molar-refractivity contribution is -0.137. The van der Waals surface area contributed by atoms with Crippen LogP contribution in [0, 0.1) is 6.92 Å². The third kappa shape index (κ3) is 3.41. The van der Waals surface area contributed by atoms with Gasteiger partial charge in [-0.3, -0.25) is 9.59 Å². The number of nitrogens with zero attached hydrogens (tertiary/aromatic N) is 2. The number of amides is 1. The number of hydrogen-bond donors (Lipinski definition) is 2. The van der Waals surface area contributed by atoms with Gasteiger partial charge in [0.25, 0.3) is 5.91 Å². The Balaban J connectivity index is 2.00. The molecule has 0 bridgehead atoms. The fourth-order valence-corrected chi connectivity index (χ4v) is 2.38. The summed E-state index contributed by atoms with van der Waals surface area (Å²) in [5.74, 6) is -1.28. The smallest absolute Gasteiger partial charge is 0.323 e. The summed E-state index contributed by atoms with van der Waals surface area (Å²) in [6.45, 7) is 2.06. The summed E-state index contributed by atoms with van der Waals surface area (Å²) in [5, 5.41) is 12.4. The van der Waals surface area contributed by atoms with Crippen LogP contribution < -0.4 is 5.32 Å². The standard InChI is InChI=1S/C12H13N3O3S/c1-8-13-5-9(19-8)6-14-12(18)10-3-2-4-15(10)7-11(16)17/h2-5H,6-7H2,1H3,(H,14,18)(H,16,17). The van der Waals surface area contributed by atoms with Crippen LogP contribution in [0.25, 0.3) is 0 Å². The predicted octanol–water partition coefficient (Wildman–Crippen LogP) is 1.27. The molecule has 0 saturated carbocycles. The van der Waals surface area contributed by atoms with Crippen LogP contribution in [0.3, 0.4) is 0 Å². The zero-order chi connectivity index (χ0) is 13.8. The Morgan fingerprint density at radius 3 is 2.95 bits per heavy atom. The van der Waals surface area contributed by atoms with Gasteiger partial charge in [0.2, 0.25) is 0 Å². The first-order valence-corrected chi connectivity index (χ1v) is 6.44. The van der Waals surface area contributed by atoms with Crippen LogP contribution in [-0.2, 0) is 17.9 Å². The molecule has 0 aromatic carbocycles. The molecule has 0 aliphatic rings. The van der Waals surface area contributed by atoms with Crippen molar-refractivity contribution in [3.05, 3.63) is 40.1 Å². The first kappa shape index (κ1) is 13.3. The van der Waals surface area contributed by atoms with E-state index in [-0.39, 0.29) is 12.5 Å². The lowest BCUT2D eigenvalue weighted by Crippen LogP contribution is -2.26. The van der Waals surface area contributed by atoms with Crippen LogP contribution in [0.4, 0.5) is 0 Å². The van der Waals surface area contributed by atoms with E-state index in [1.54, 1.807) is 24.5 Å². The van der Waals surface area contributed by atoms with E-state index in [1.807, 2.05) is 6.92 Å². The van der Waals surface area contributed by atoms with Crippen molar-refractivity contribution in [3.63, 3.8) is 0 Å². The molecular formula is C12H13N3O3S. The predicted molar refractivity (Wildman–Crippen MR) is 70.1 cm³/mol. The van der Waals surface area contributed by atoms with Crippen LogP contribution >= 0.6 is 11.3 Å². The highest BCUT2D eigenvalue weighted by Crippen LogP contribution is 2.11. The van der Waals surface area contributed by atoms with Crippen molar-refractivity contribution in [2.45, 2.75) is 20.0 Å². The average Bonchev–Trinajstić information content (AvgIpc) is 2.94. The van der Waals surface area contributed by atoms with Gasteiger partial charge >= 0.3 is 5.97 Å². The van der Waals surface area contributed by atoms with Gasteiger partial charge in [-0.1, -0.05) is 0 Å². The highest BCUT2D eigenvalue weighted by atomic mass is 32.1. The van der Waals surface area contributed by atoms with Gasteiger partial charge in [0.15, 0.2) is 0 Å². The van der Waals surface area contributed by atoms with Gasteiger partial charge in [-0.2, -0.15) is 0 Å². The third-order valence-corrected chi connectivity index (χ3v) is 3.37. The van der Waals surface area contributed by atoms with E-state index < -0.39 is 5.97 Å². The molecule has 0 radical (unpaired) electrons. The molecule has 1 amide bonds. The van der Waals surface area contributed by atoms with E-state index in [1.165, 1.54) is 15.9 Å². The van der Waals surface area contributed by atoms with Gasteiger partial charge in [-0.05, 0) is 19.1 Å². The third-order valence-electron chi connectivity index (χ3n) is 2.46. The van der Waals surface area contributed by atoms with E-state index in [2.05, 4.69) is 10.3 Å². The van der Waals surface area contributed by atoms with E-state index in [0.717, 1.165) is 9.88 Å². The second-order valence-corrected chi connectivity index (χ2v) is 5.26. The van der Waals surface area contributed by atoms with Crippen LogP contribution in [-0.4, -0.2) is 26.5 Å². The number of hydrogen-bond acceptors (Lipinski definition) is 4. The summed E-state index contributed by atoms with van der Waals surface area (Å²) in [6, 6.07) is 3.24. The molecule has 0 unspecified atom stereocenters. The first-order valence-electron chi connectivity index (χ1n) is 5.62. The van der Waals surface area contributed by atoms with E-state index >= 15 is 0 Å². The highest BCUT2D eigenvalue weighted by Gasteiger charge is 2.12. The largest absolute Gasteiger partial charge is 0.480 e. The minimum Gasteiger partial charge on any atom is -0.480 e. The minimum atomic E-state index is -0.983. The fraction of sp³-hybridized carbons (Fsp3) is 0.250. The Bertz CT molecular complexity index is 603. The molecule has 0 spiro atoms. The monoisotopic (exact) mass is 279 g/mol. The number of aryl methyl sites for hydroxylation is 1. The van der Waals surface area contributed by atoms with Crippen molar-refractivity contribution in [3.8, 4) is 0 Å². The Morgan fingerprint density at radius 2 is 2.32 bits per heavy atom. The van der Waals surface area contributed by atoms with Gasteiger partial charge in [0.1, 0.15) is 12.2 Å². The zero-order valence-corrected chi connectivity index (χ0v) is 11.1. The molecule has 2 heterocycles. The van der Waals surface area contributed by atoms with Gasteiger partial charge in [-0.25, -0.2) is 4.98 Å². The molecule has 0 atom stereocenters. The van der Waals surface area contributed by atoms with E-state index in [4.69, 9.17) is 5.11 Å². The van der Waals surface area contributed by atoms with Crippen molar-refractivity contribution in [2.24, 2.45) is 0 Å². The Morgan fingerprint density at radius 1 is 1.53 bits per heavy atom. The van der Waals surface area contributed by atoms with E-state index in [9.17, 15) is 9.59 Å². The van der Waals surface area contributed by atoms with Gasteiger partial charge < -0.3 is 15.0 Å².